The van der Waals surface area contributed by atoms with Crippen LogP contribution < -0.4 is 5.32 Å². The Kier molecular flexibility index (Phi) is 4.45. The van der Waals surface area contributed by atoms with Crippen LogP contribution in [0, 0.1) is 5.92 Å². The molecule has 1 nitrogen and oxygen atoms in total. The molecule has 0 aliphatic heterocycles. The first-order chi connectivity index (χ1) is 9.78. The van der Waals surface area contributed by atoms with Crippen LogP contribution in [-0.2, 0) is 12.8 Å². The summed E-state index contributed by atoms with van der Waals surface area (Å²) in [5, 5.41) is 3.93. The standard InChI is InChI=1S/C19H29N/c1-3-15-7-4-5-10-19(15)20-14(2)17-12-11-16-8-6-9-18(16)13-17/h11-15,19-20H,3-10H2,1-2H3. The third kappa shape index (κ3) is 2.93. The minimum Gasteiger partial charge on any atom is -0.307 e. The first-order valence-corrected chi connectivity index (χ1v) is 8.65. The van der Waals surface area contributed by atoms with Gasteiger partial charge in [0.1, 0.15) is 0 Å². The second-order valence-electron chi connectivity index (χ2n) is 6.83. The van der Waals surface area contributed by atoms with Gasteiger partial charge in [-0.25, -0.2) is 0 Å². The number of benzene rings is 1. The van der Waals surface area contributed by atoms with E-state index in [1.54, 1.807) is 11.1 Å². The van der Waals surface area contributed by atoms with Crippen LogP contribution in [0.25, 0.3) is 0 Å². The summed E-state index contributed by atoms with van der Waals surface area (Å²) in [5.41, 5.74) is 4.68. The van der Waals surface area contributed by atoms with Crippen molar-refractivity contribution < 1.29 is 0 Å². The molecule has 1 aromatic carbocycles. The maximum absolute atomic E-state index is 3.93. The second-order valence-corrected chi connectivity index (χ2v) is 6.83. The van der Waals surface area contributed by atoms with Crippen molar-refractivity contribution in [3.63, 3.8) is 0 Å². The monoisotopic (exact) mass is 271 g/mol. The Morgan fingerprint density at radius 3 is 2.75 bits per heavy atom. The van der Waals surface area contributed by atoms with Crippen molar-refractivity contribution in [1.82, 2.24) is 5.32 Å². The van der Waals surface area contributed by atoms with Gasteiger partial charge in [-0.15, -0.1) is 0 Å². The fourth-order valence-electron chi connectivity index (χ4n) is 4.19. The van der Waals surface area contributed by atoms with Crippen LogP contribution in [0.1, 0.15) is 75.1 Å². The van der Waals surface area contributed by atoms with E-state index in [9.17, 15) is 0 Å². The summed E-state index contributed by atoms with van der Waals surface area (Å²) < 4.78 is 0. The van der Waals surface area contributed by atoms with Gasteiger partial charge in [-0.05, 0) is 61.6 Å². The van der Waals surface area contributed by atoms with Crippen LogP contribution in [0.15, 0.2) is 18.2 Å². The Balaban J connectivity index is 1.67. The van der Waals surface area contributed by atoms with Gasteiger partial charge in [0, 0.05) is 12.1 Å². The lowest BCUT2D eigenvalue weighted by Crippen LogP contribution is -2.39. The van der Waals surface area contributed by atoms with E-state index in [4.69, 9.17) is 0 Å². The first-order valence-electron chi connectivity index (χ1n) is 8.65. The molecule has 2 aliphatic rings. The van der Waals surface area contributed by atoms with Crippen LogP contribution in [0.4, 0.5) is 0 Å². The molecule has 0 amide bonds. The van der Waals surface area contributed by atoms with Crippen LogP contribution >= 0.6 is 0 Å². The van der Waals surface area contributed by atoms with Crippen molar-refractivity contribution in [2.24, 2.45) is 5.92 Å². The molecule has 20 heavy (non-hydrogen) atoms. The van der Waals surface area contributed by atoms with Gasteiger partial charge in [-0.1, -0.05) is 44.4 Å². The van der Waals surface area contributed by atoms with Crippen LogP contribution in [0.5, 0.6) is 0 Å². The highest BCUT2D eigenvalue weighted by atomic mass is 15.0. The Morgan fingerprint density at radius 2 is 1.90 bits per heavy atom. The predicted molar refractivity (Wildman–Crippen MR) is 86.1 cm³/mol. The van der Waals surface area contributed by atoms with Gasteiger partial charge in [0.2, 0.25) is 0 Å². The van der Waals surface area contributed by atoms with Crippen LogP contribution in [-0.4, -0.2) is 6.04 Å². The number of hydrogen-bond acceptors (Lipinski definition) is 1. The summed E-state index contributed by atoms with van der Waals surface area (Å²) in [7, 11) is 0. The van der Waals surface area contributed by atoms with E-state index in [2.05, 4.69) is 37.4 Å². The van der Waals surface area contributed by atoms with Crippen molar-refractivity contribution in [2.75, 3.05) is 0 Å². The fraction of sp³-hybridized carbons (Fsp3) is 0.684. The SMILES string of the molecule is CCC1CCCCC1NC(C)c1ccc2c(c1)CCC2. The van der Waals surface area contributed by atoms with E-state index in [0.29, 0.717) is 6.04 Å². The van der Waals surface area contributed by atoms with Crippen molar-refractivity contribution in [1.29, 1.82) is 0 Å². The van der Waals surface area contributed by atoms with Crippen LogP contribution in [0.3, 0.4) is 0 Å². The van der Waals surface area contributed by atoms with Gasteiger partial charge in [0.15, 0.2) is 0 Å². The zero-order valence-electron chi connectivity index (χ0n) is 13.1. The molecule has 1 fully saturated rings. The average Bonchev–Trinajstić information content (AvgIpc) is 2.95. The van der Waals surface area contributed by atoms with Gasteiger partial charge in [-0.2, -0.15) is 0 Å². The van der Waals surface area contributed by atoms with Gasteiger partial charge < -0.3 is 5.32 Å². The minimum absolute atomic E-state index is 0.498. The molecule has 1 heteroatoms. The third-order valence-electron chi connectivity index (χ3n) is 5.52. The summed E-state index contributed by atoms with van der Waals surface area (Å²) >= 11 is 0. The van der Waals surface area contributed by atoms with Crippen LogP contribution in [0.2, 0.25) is 0 Å². The molecule has 3 atom stereocenters. The fourth-order valence-corrected chi connectivity index (χ4v) is 4.19. The number of rotatable bonds is 4. The molecule has 1 N–H and O–H groups in total. The van der Waals surface area contributed by atoms with E-state index >= 15 is 0 Å². The molecule has 0 aromatic heterocycles. The molecular weight excluding hydrogens is 242 g/mol. The highest BCUT2D eigenvalue weighted by Gasteiger charge is 2.25. The maximum Gasteiger partial charge on any atom is 0.0294 e. The lowest BCUT2D eigenvalue weighted by Gasteiger charge is -2.34. The van der Waals surface area contributed by atoms with Gasteiger partial charge in [0.05, 0.1) is 0 Å². The second kappa shape index (κ2) is 6.30. The minimum atomic E-state index is 0.498. The number of aryl methyl sites for hydroxylation is 2. The summed E-state index contributed by atoms with van der Waals surface area (Å²) in [6.45, 7) is 4.70. The summed E-state index contributed by atoms with van der Waals surface area (Å²) in [6.07, 6.45) is 10.9. The predicted octanol–water partition coefficient (Wildman–Crippen LogP) is 4.79. The molecule has 3 rings (SSSR count). The summed E-state index contributed by atoms with van der Waals surface area (Å²) in [5.74, 6) is 0.889. The molecule has 2 aliphatic carbocycles. The Hall–Kier alpha value is -0.820. The zero-order chi connectivity index (χ0) is 13.9. The number of hydrogen-bond donors (Lipinski definition) is 1. The number of fused-ring (bicyclic) bond motifs is 1. The summed E-state index contributed by atoms with van der Waals surface area (Å²) in [4.78, 5) is 0. The lowest BCUT2D eigenvalue weighted by atomic mass is 9.82. The molecule has 0 saturated heterocycles. The van der Waals surface area contributed by atoms with Gasteiger partial charge in [0.25, 0.3) is 0 Å². The first kappa shape index (κ1) is 14.1. The highest BCUT2D eigenvalue weighted by molar-refractivity contribution is 5.36. The van der Waals surface area contributed by atoms with Gasteiger partial charge in [-0.3, -0.25) is 0 Å². The van der Waals surface area contributed by atoms with E-state index in [0.717, 1.165) is 12.0 Å². The smallest absolute Gasteiger partial charge is 0.0294 e. The normalized spacial score (nSPS) is 27.3. The molecule has 0 heterocycles. The Bertz CT molecular complexity index is 451. The lowest BCUT2D eigenvalue weighted by molar-refractivity contribution is 0.240. The highest BCUT2D eigenvalue weighted by Crippen LogP contribution is 2.30. The molecular formula is C19H29N. The largest absolute Gasteiger partial charge is 0.307 e. The molecule has 0 radical (unpaired) electrons. The van der Waals surface area contributed by atoms with E-state index < -0.39 is 0 Å². The van der Waals surface area contributed by atoms with E-state index in [1.807, 2.05) is 0 Å². The Morgan fingerprint density at radius 1 is 1.10 bits per heavy atom. The third-order valence-corrected chi connectivity index (χ3v) is 5.52. The number of nitrogens with one attached hydrogen (secondary N) is 1. The quantitative estimate of drug-likeness (QED) is 0.830. The molecule has 1 aromatic rings. The molecule has 0 spiro atoms. The maximum atomic E-state index is 3.93. The summed E-state index contributed by atoms with van der Waals surface area (Å²) in [6, 6.07) is 8.42. The molecule has 3 unspecified atom stereocenters. The van der Waals surface area contributed by atoms with Crippen molar-refractivity contribution >= 4 is 0 Å². The molecule has 1 saturated carbocycles. The molecule has 0 bridgehead atoms. The zero-order valence-corrected chi connectivity index (χ0v) is 13.1. The average molecular weight is 271 g/mol. The topological polar surface area (TPSA) is 12.0 Å². The Labute approximate surface area is 124 Å². The van der Waals surface area contributed by atoms with E-state index in [1.165, 1.54) is 56.9 Å². The van der Waals surface area contributed by atoms with Crippen molar-refractivity contribution in [2.45, 2.75) is 77.3 Å². The van der Waals surface area contributed by atoms with Crippen molar-refractivity contribution in [3.05, 3.63) is 34.9 Å². The van der Waals surface area contributed by atoms with E-state index in [-0.39, 0.29) is 0 Å². The van der Waals surface area contributed by atoms with Gasteiger partial charge >= 0.3 is 0 Å². The van der Waals surface area contributed by atoms with Crippen molar-refractivity contribution in [3.8, 4) is 0 Å². The molecule has 110 valence electrons.